The molecule has 4 nitrogen and oxygen atoms in total. The maximum Gasteiger partial charge on any atom is 0.424 e. The molecule has 0 aliphatic carbocycles. The Labute approximate surface area is 112 Å². The second-order valence-corrected chi connectivity index (χ2v) is 6.74. The van der Waals surface area contributed by atoms with Crippen LogP contribution >= 0.6 is 18.2 Å². The Balaban J connectivity index is 1.74. The van der Waals surface area contributed by atoms with Crippen molar-refractivity contribution in [1.29, 1.82) is 0 Å². The minimum absolute atomic E-state index is 0.0163. The van der Waals surface area contributed by atoms with Gasteiger partial charge in [-0.05, 0) is 18.4 Å². The molecule has 100 valence electrons. The average Bonchev–Trinajstić information content (AvgIpc) is 2.89. The molecule has 1 fully saturated rings. The van der Waals surface area contributed by atoms with Gasteiger partial charge in [-0.25, -0.2) is 4.57 Å². The molecule has 2 atom stereocenters. The topological polar surface area (TPSA) is 44.8 Å². The largest absolute Gasteiger partial charge is 0.424 e. The highest BCUT2D eigenvalue weighted by Gasteiger charge is 2.25. The van der Waals surface area contributed by atoms with E-state index >= 15 is 0 Å². The van der Waals surface area contributed by atoms with Gasteiger partial charge in [-0.3, -0.25) is 9.05 Å². The molecule has 0 spiro atoms. The maximum absolute atomic E-state index is 11.8. The Kier molecular flexibility index (Phi) is 5.22. The molecule has 0 radical (unpaired) electrons. The quantitative estimate of drug-likeness (QED) is 0.749. The van der Waals surface area contributed by atoms with E-state index in [4.69, 9.17) is 25.0 Å². The van der Waals surface area contributed by atoms with Crippen LogP contribution in [0.5, 0.6) is 0 Å². The predicted molar refractivity (Wildman–Crippen MR) is 69.6 cm³/mol. The molecule has 1 aliphatic heterocycles. The van der Waals surface area contributed by atoms with Crippen molar-refractivity contribution >= 4 is 18.2 Å². The van der Waals surface area contributed by atoms with E-state index in [0.717, 1.165) is 25.0 Å². The Morgan fingerprint density at radius 1 is 1.33 bits per heavy atom. The molecule has 1 aromatic rings. The first-order valence-corrected chi connectivity index (χ1v) is 8.35. The van der Waals surface area contributed by atoms with Crippen molar-refractivity contribution in [3.63, 3.8) is 0 Å². The summed E-state index contributed by atoms with van der Waals surface area (Å²) in [5.74, 6) is 0. The zero-order valence-electron chi connectivity index (χ0n) is 9.96. The molecule has 0 saturated carbocycles. The zero-order chi connectivity index (χ0) is 12.8. The van der Waals surface area contributed by atoms with Gasteiger partial charge in [-0.15, -0.1) is 0 Å². The fraction of sp³-hybridized carbons (Fsp3) is 0.500. The molecule has 0 bridgehead atoms. The van der Waals surface area contributed by atoms with E-state index in [9.17, 15) is 4.57 Å². The molecule has 2 unspecified atom stereocenters. The highest BCUT2D eigenvalue weighted by atomic mass is 35.7. The van der Waals surface area contributed by atoms with Gasteiger partial charge < -0.3 is 4.74 Å². The van der Waals surface area contributed by atoms with E-state index in [0.29, 0.717) is 0 Å². The molecular formula is C12H16ClO4P. The lowest BCUT2D eigenvalue weighted by Gasteiger charge is -2.14. The lowest BCUT2D eigenvalue weighted by Crippen LogP contribution is -2.12. The van der Waals surface area contributed by atoms with Crippen LogP contribution in [0.15, 0.2) is 30.3 Å². The lowest BCUT2D eigenvalue weighted by molar-refractivity contribution is 0.0615. The van der Waals surface area contributed by atoms with Gasteiger partial charge in [-0.2, -0.15) is 0 Å². The summed E-state index contributed by atoms with van der Waals surface area (Å²) in [6.07, 6.45) is 1.90. The minimum Gasteiger partial charge on any atom is -0.376 e. The molecular weight excluding hydrogens is 275 g/mol. The van der Waals surface area contributed by atoms with Crippen LogP contribution in [0.4, 0.5) is 0 Å². The monoisotopic (exact) mass is 290 g/mol. The van der Waals surface area contributed by atoms with E-state index in [1.807, 2.05) is 30.3 Å². The molecule has 0 amide bonds. The second-order valence-electron chi connectivity index (χ2n) is 4.12. The molecule has 0 N–H and O–H groups in total. The fourth-order valence-corrected chi connectivity index (χ4v) is 2.75. The summed E-state index contributed by atoms with van der Waals surface area (Å²) in [6.45, 7) is -2.40. The Hall–Kier alpha value is -0.380. The summed E-state index contributed by atoms with van der Waals surface area (Å²) in [5.41, 5.74) is 0.902. The fourth-order valence-electron chi connectivity index (χ4n) is 1.71. The van der Waals surface area contributed by atoms with Crippen molar-refractivity contribution in [3.05, 3.63) is 35.9 Å². The average molecular weight is 291 g/mol. The Bertz CT molecular complexity index is 406. The SMILES string of the molecule is O=P(Cl)(OCc1ccccc1)OCC1CCCO1. The smallest absolute Gasteiger partial charge is 0.376 e. The maximum atomic E-state index is 11.8. The molecule has 1 aromatic carbocycles. The van der Waals surface area contributed by atoms with Gasteiger partial charge in [-0.1, -0.05) is 30.3 Å². The summed E-state index contributed by atoms with van der Waals surface area (Å²) >= 11 is 5.72. The number of benzene rings is 1. The molecule has 1 heterocycles. The van der Waals surface area contributed by atoms with Crippen molar-refractivity contribution in [1.82, 2.24) is 0 Å². The number of hydrogen-bond donors (Lipinski definition) is 0. The normalized spacial score (nSPS) is 22.8. The third kappa shape index (κ3) is 4.71. The Morgan fingerprint density at radius 3 is 2.78 bits per heavy atom. The van der Waals surface area contributed by atoms with Crippen molar-refractivity contribution in [2.75, 3.05) is 13.2 Å². The van der Waals surface area contributed by atoms with Crippen LogP contribution in [0.3, 0.4) is 0 Å². The number of hydrogen-bond acceptors (Lipinski definition) is 4. The Morgan fingerprint density at radius 2 is 2.11 bits per heavy atom. The lowest BCUT2D eigenvalue weighted by atomic mass is 10.2. The van der Waals surface area contributed by atoms with E-state index in [-0.39, 0.29) is 19.3 Å². The van der Waals surface area contributed by atoms with Gasteiger partial charge in [0.05, 0.1) is 19.3 Å². The molecule has 1 aliphatic rings. The first-order valence-electron chi connectivity index (χ1n) is 5.90. The summed E-state index contributed by atoms with van der Waals surface area (Å²) < 4.78 is 27.4. The van der Waals surface area contributed by atoms with Gasteiger partial charge in [0.15, 0.2) is 0 Å². The van der Waals surface area contributed by atoms with E-state index in [2.05, 4.69) is 0 Å². The highest BCUT2D eigenvalue weighted by molar-refractivity contribution is 7.81. The van der Waals surface area contributed by atoms with Gasteiger partial charge in [0, 0.05) is 17.8 Å². The van der Waals surface area contributed by atoms with Crippen LogP contribution < -0.4 is 0 Å². The number of ether oxygens (including phenoxy) is 1. The summed E-state index contributed by atoms with van der Waals surface area (Å²) in [4.78, 5) is 0. The third-order valence-electron chi connectivity index (χ3n) is 2.67. The van der Waals surface area contributed by atoms with Crippen LogP contribution in [-0.4, -0.2) is 19.3 Å². The van der Waals surface area contributed by atoms with Crippen LogP contribution in [0.2, 0.25) is 0 Å². The highest BCUT2D eigenvalue weighted by Crippen LogP contribution is 2.54. The van der Waals surface area contributed by atoms with Gasteiger partial charge in [0.1, 0.15) is 0 Å². The minimum atomic E-state index is -3.52. The zero-order valence-corrected chi connectivity index (χ0v) is 11.6. The molecule has 1 saturated heterocycles. The molecule has 0 aromatic heterocycles. The van der Waals surface area contributed by atoms with Gasteiger partial charge >= 0.3 is 6.95 Å². The van der Waals surface area contributed by atoms with Crippen molar-refractivity contribution in [2.45, 2.75) is 25.6 Å². The second kappa shape index (κ2) is 6.69. The summed E-state index contributed by atoms with van der Waals surface area (Å²) in [7, 11) is 0. The third-order valence-corrected chi connectivity index (χ3v) is 4.15. The van der Waals surface area contributed by atoms with Crippen LogP contribution in [0.25, 0.3) is 0 Å². The standard InChI is InChI=1S/C12H16ClO4P/c13-18(14,17-10-12-7-4-8-15-12)16-9-11-5-2-1-3-6-11/h1-3,5-6,12H,4,7-10H2. The molecule has 6 heteroatoms. The van der Waals surface area contributed by atoms with Crippen LogP contribution in [0.1, 0.15) is 18.4 Å². The van der Waals surface area contributed by atoms with Gasteiger partial charge in [0.2, 0.25) is 0 Å². The first kappa shape index (κ1) is 14.0. The molecule has 18 heavy (non-hydrogen) atoms. The van der Waals surface area contributed by atoms with E-state index in [1.54, 1.807) is 0 Å². The molecule has 2 rings (SSSR count). The van der Waals surface area contributed by atoms with Crippen LogP contribution in [0, 0.1) is 0 Å². The predicted octanol–water partition coefficient (Wildman–Crippen LogP) is 3.75. The van der Waals surface area contributed by atoms with Crippen molar-refractivity contribution < 1.29 is 18.3 Å². The van der Waals surface area contributed by atoms with E-state index in [1.165, 1.54) is 0 Å². The van der Waals surface area contributed by atoms with E-state index < -0.39 is 6.95 Å². The van der Waals surface area contributed by atoms with Crippen LogP contribution in [-0.2, 0) is 25.0 Å². The number of halogens is 1. The van der Waals surface area contributed by atoms with Gasteiger partial charge in [0.25, 0.3) is 0 Å². The van der Waals surface area contributed by atoms with Crippen molar-refractivity contribution in [3.8, 4) is 0 Å². The summed E-state index contributed by atoms with van der Waals surface area (Å²) in [5, 5.41) is 0. The van der Waals surface area contributed by atoms with Crippen molar-refractivity contribution in [2.24, 2.45) is 0 Å². The summed E-state index contributed by atoms with van der Waals surface area (Å²) in [6, 6.07) is 9.40. The first-order chi connectivity index (χ1) is 8.66. The number of rotatable bonds is 6.